The molecule has 0 aliphatic rings. The number of nitrogens with zero attached hydrogens (tertiary/aromatic N) is 4. The molecule has 2 aromatic carbocycles. The molecule has 25 heavy (non-hydrogen) atoms. The predicted molar refractivity (Wildman–Crippen MR) is 102 cm³/mol. The van der Waals surface area contributed by atoms with Crippen LogP contribution < -0.4 is 16.0 Å². The first-order valence-electron chi connectivity index (χ1n) is 8.27. The van der Waals surface area contributed by atoms with Crippen LogP contribution in [0.3, 0.4) is 0 Å². The van der Waals surface area contributed by atoms with Crippen LogP contribution in [0.1, 0.15) is 18.3 Å². The van der Waals surface area contributed by atoms with E-state index < -0.39 is 0 Å². The first kappa shape index (κ1) is 16.7. The molecule has 0 radical (unpaired) electrons. The molecule has 0 spiro atoms. The zero-order chi connectivity index (χ0) is 17.6. The van der Waals surface area contributed by atoms with E-state index in [9.17, 15) is 0 Å². The van der Waals surface area contributed by atoms with Gasteiger partial charge in [0.25, 0.3) is 0 Å². The van der Waals surface area contributed by atoms with E-state index in [2.05, 4.69) is 38.2 Å². The molecular formula is C19H22N6. The molecule has 0 amide bonds. The number of nitrogens with one attached hydrogen (secondary N) is 1. The van der Waals surface area contributed by atoms with E-state index in [1.165, 1.54) is 5.56 Å². The lowest BCUT2D eigenvalue weighted by molar-refractivity contribution is 0.828. The zero-order valence-electron chi connectivity index (χ0n) is 14.5. The highest BCUT2D eigenvalue weighted by atomic mass is 15.2. The van der Waals surface area contributed by atoms with Gasteiger partial charge in [0.05, 0.1) is 6.54 Å². The third-order valence-corrected chi connectivity index (χ3v) is 3.92. The number of aryl methyl sites for hydroxylation is 1. The Morgan fingerprint density at radius 1 is 0.960 bits per heavy atom. The van der Waals surface area contributed by atoms with Crippen LogP contribution in [-0.2, 0) is 13.0 Å². The fraction of sp³-hybridized carbons (Fsp3) is 0.211. The highest BCUT2D eigenvalue weighted by Gasteiger charge is 2.09. The van der Waals surface area contributed by atoms with Crippen molar-refractivity contribution in [2.75, 3.05) is 23.0 Å². The molecule has 0 fully saturated rings. The molecule has 3 aromatic rings. The van der Waals surface area contributed by atoms with Gasteiger partial charge in [-0.05, 0) is 30.2 Å². The van der Waals surface area contributed by atoms with Crippen LogP contribution in [-0.4, -0.2) is 22.0 Å². The predicted octanol–water partition coefficient (Wildman–Crippen LogP) is 3.40. The van der Waals surface area contributed by atoms with E-state index in [0.717, 1.165) is 17.8 Å². The minimum atomic E-state index is 0.211. The Morgan fingerprint density at radius 3 is 2.44 bits per heavy atom. The Labute approximate surface area is 147 Å². The molecule has 3 N–H and O–H groups in total. The second kappa shape index (κ2) is 7.61. The first-order valence-corrected chi connectivity index (χ1v) is 8.27. The van der Waals surface area contributed by atoms with Crippen molar-refractivity contribution in [3.8, 4) is 0 Å². The molecule has 3 rings (SSSR count). The van der Waals surface area contributed by atoms with Crippen molar-refractivity contribution in [1.82, 2.24) is 15.0 Å². The number of nitrogens with two attached hydrogens (primary N) is 1. The van der Waals surface area contributed by atoms with Gasteiger partial charge in [-0.15, -0.1) is 0 Å². The third-order valence-electron chi connectivity index (χ3n) is 3.92. The van der Waals surface area contributed by atoms with Crippen molar-refractivity contribution in [3.63, 3.8) is 0 Å². The summed E-state index contributed by atoms with van der Waals surface area (Å²) in [5.41, 5.74) is 9.15. The number of hydrogen-bond donors (Lipinski definition) is 2. The van der Waals surface area contributed by atoms with Gasteiger partial charge < -0.3 is 16.0 Å². The highest BCUT2D eigenvalue weighted by molar-refractivity contribution is 5.59. The standard InChI is InChI=1S/C19H22N6/c1-3-14-9-7-8-12-16(14)21-19-23-17(22-18(20)24-19)13-25(2)15-10-5-4-6-11-15/h4-12H,3,13H2,1-2H3,(H3,20,21,22,23,24). The van der Waals surface area contributed by atoms with Gasteiger partial charge in [-0.25, -0.2) is 0 Å². The van der Waals surface area contributed by atoms with Gasteiger partial charge >= 0.3 is 0 Å². The Hall–Kier alpha value is -3.15. The zero-order valence-corrected chi connectivity index (χ0v) is 14.5. The number of hydrogen-bond acceptors (Lipinski definition) is 6. The van der Waals surface area contributed by atoms with Crippen LogP contribution in [0.2, 0.25) is 0 Å². The lowest BCUT2D eigenvalue weighted by Crippen LogP contribution is -2.19. The minimum absolute atomic E-state index is 0.211. The average molecular weight is 334 g/mol. The maximum absolute atomic E-state index is 5.88. The Kier molecular flexibility index (Phi) is 5.09. The normalized spacial score (nSPS) is 10.5. The molecule has 6 nitrogen and oxygen atoms in total. The summed E-state index contributed by atoms with van der Waals surface area (Å²) in [5.74, 6) is 1.29. The smallest absolute Gasteiger partial charge is 0.232 e. The summed E-state index contributed by atoms with van der Waals surface area (Å²) >= 11 is 0. The number of aromatic nitrogens is 3. The quantitative estimate of drug-likeness (QED) is 0.719. The van der Waals surface area contributed by atoms with Gasteiger partial charge in [0.1, 0.15) is 0 Å². The van der Waals surface area contributed by atoms with Crippen LogP contribution in [0.15, 0.2) is 54.6 Å². The molecule has 128 valence electrons. The number of nitrogen functional groups attached to an aromatic ring is 1. The fourth-order valence-corrected chi connectivity index (χ4v) is 2.62. The van der Waals surface area contributed by atoms with Crippen molar-refractivity contribution in [1.29, 1.82) is 0 Å². The molecule has 0 atom stereocenters. The molecule has 0 aliphatic carbocycles. The molecule has 0 unspecified atom stereocenters. The third kappa shape index (κ3) is 4.23. The number of para-hydroxylation sites is 2. The highest BCUT2D eigenvalue weighted by Crippen LogP contribution is 2.20. The van der Waals surface area contributed by atoms with Crippen molar-refractivity contribution in [2.45, 2.75) is 19.9 Å². The molecule has 0 saturated heterocycles. The second-order valence-corrected chi connectivity index (χ2v) is 5.76. The first-order chi connectivity index (χ1) is 12.2. The molecule has 1 aromatic heterocycles. The van der Waals surface area contributed by atoms with Gasteiger partial charge in [0, 0.05) is 18.4 Å². The molecule has 1 heterocycles. The summed E-state index contributed by atoms with van der Waals surface area (Å²) in [6, 6.07) is 18.2. The van der Waals surface area contributed by atoms with E-state index in [0.29, 0.717) is 18.3 Å². The average Bonchev–Trinajstić information content (AvgIpc) is 2.62. The number of anilines is 4. The molecule has 0 bridgehead atoms. The fourth-order valence-electron chi connectivity index (χ4n) is 2.62. The number of benzene rings is 2. The van der Waals surface area contributed by atoms with E-state index in [-0.39, 0.29) is 5.95 Å². The maximum Gasteiger partial charge on any atom is 0.232 e. The molecule has 0 saturated carbocycles. The van der Waals surface area contributed by atoms with Crippen LogP contribution in [0.4, 0.5) is 23.3 Å². The van der Waals surface area contributed by atoms with E-state index >= 15 is 0 Å². The number of rotatable bonds is 6. The topological polar surface area (TPSA) is 80.0 Å². The largest absolute Gasteiger partial charge is 0.368 e. The SMILES string of the molecule is CCc1ccccc1Nc1nc(N)nc(CN(C)c2ccccc2)n1. The van der Waals surface area contributed by atoms with Gasteiger partial charge in [0.15, 0.2) is 5.82 Å². The summed E-state index contributed by atoms with van der Waals surface area (Å²) in [5, 5.41) is 3.26. The monoisotopic (exact) mass is 334 g/mol. The summed E-state index contributed by atoms with van der Waals surface area (Å²) in [6.45, 7) is 2.66. The minimum Gasteiger partial charge on any atom is -0.368 e. The molecular weight excluding hydrogens is 312 g/mol. The summed E-state index contributed by atoms with van der Waals surface area (Å²) in [7, 11) is 1.99. The van der Waals surface area contributed by atoms with E-state index in [1.54, 1.807) is 0 Å². The Balaban J connectivity index is 1.81. The molecule has 6 heteroatoms. The van der Waals surface area contributed by atoms with Crippen LogP contribution in [0, 0.1) is 0 Å². The van der Waals surface area contributed by atoms with Crippen molar-refractivity contribution >= 4 is 23.3 Å². The summed E-state index contributed by atoms with van der Waals surface area (Å²) in [4.78, 5) is 15.1. The lowest BCUT2D eigenvalue weighted by atomic mass is 10.1. The van der Waals surface area contributed by atoms with Crippen molar-refractivity contribution in [3.05, 3.63) is 66.0 Å². The van der Waals surface area contributed by atoms with Gasteiger partial charge in [0.2, 0.25) is 11.9 Å². The summed E-state index contributed by atoms with van der Waals surface area (Å²) < 4.78 is 0. The van der Waals surface area contributed by atoms with Crippen molar-refractivity contribution in [2.24, 2.45) is 0 Å². The summed E-state index contributed by atoms with van der Waals surface area (Å²) in [6.07, 6.45) is 0.924. The van der Waals surface area contributed by atoms with Crippen molar-refractivity contribution < 1.29 is 0 Å². The lowest BCUT2D eigenvalue weighted by Gasteiger charge is -2.18. The Bertz CT molecular complexity index is 834. The Morgan fingerprint density at radius 2 is 1.68 bits per heavy atom. The van der Waals surface area contributed by atoms with E-state index in [4.69, 9.17) is 5.73 Å². The maximum atomic E-state index is 5.88. The van der Waals surface area contributed by atoms with Crippen LogP contribution in [0.5, 0.6) is 0 Å². The van der Waals surface area contributed by atoms with Gasteiger partial charge in [-0.3, -0.25) is 0 Å². The van der Waals surface area contributed by atoms with Gasteiger partial charge in [-0.1, -0.05) is 43.3 Å². The second-order valence-electron chi connectivity index (χ2n) is 5.76. The van der Waals surface area contributed by atoms with Crippen LogP contribution >= 0.6 is 0 Å². The van der Waals surface area contributed by atoms with Crippen LogP contribution in [0.25, 0.3) is 0 Å². The van der Waals surface area contributed by atoms with Gasteiger partial charge in [-0.2, -0.15) is 15.0 Å². The molecule has 0 aliphatic heterocycles. The van der Waals surface area contributed by atoms with E-state index in [1.807, 2.05) is 55.6 Å².